The number of carbonyl (C=O) groups excluding carboxylic acids is 2. The lowest BCUT2D eigenvalue weighted by atomic mass is 10.2. The number of fused-ring (bicyclic) bond motifs is 1. The molecule has 0 aliphatic heterocycles. The summed E-state index contributed by atoms with van der Waals surface area (Å²) in [7, 11) is 1.66. The van der Waals surface area contributed by atoms with Crippen molar-refractivity contribution in [2.45, 2.75) is 6.92 Å². The average molecular weight is 248 g/mol. The van der Waals surface area contributed by atoms with Crippen LogP contribution in [0.4, 0.5) is 11.6 Å². The van der Waals surface area contributed by atoms with Crippen LogP contribution in [0.15, 0.2) is 6.07 Å². The molecule has 0 aromatic carbocycles. The van der Waals surface area contributed by atoms with Gasteiger partial charge in [0.25, 0.3) is 5.91 Å². The minimum Gasteiger partial charge on any atom is -0.383 e. The van der Waals surface area contributed by atoms with E-state index in [4.69, 9.17) is 11.5 Å². The van der Waals surface area contributed by atoms with Gasteiger partial charge in [0.05, 0.1) is 10.9 Å². The van der Waals surface area contributed by atoms with Crippen molar-refractivity contribution in [1.82, 2.24) is 14.8 Å². The van der Waals surface area contributed by atoms with Crippen LogP contribution in [-0.4, -0.2) is 26.6 Å². The normalized spacial score (nSPS) is 10.6. The summed E-state index contributed by atoms with van der Waals surface area (Å²) in [6, 6.07) is 1.47. The number of nitrogens with one attached hydrogen (secondary N) is 1. The summed E-state index contributed by atoms with van der Waals surface area (Å²) < 4.78 is 1.46. The monoisotopic (exact) mass is 248 g/mol. The molecule has 2 aromatic heterocycles. The number of pyridine rings is 1. The van der Waals surface area contributed by atoms with Gasteiger partial charge in [-0.1, -0.05) is 0 Å². The number of hydrogen-bond donors (Lipinski definition) is 3. The highest BCUT2D eigenvalue weighted by atomic mass is 16.1. The first kappa shape index (κ1) is 11.8. The molecule has 18 heavy (non-hydrogen) atoms. The maximum absolute atomic E-state index is 11.2. The van der Waals surface area contributed by atoms with Crippen molar-refractivity contribution in [3.05, 3.63) is 11.6 Å². The van der Waals surface area contributed by atoms with E-state index in [2.05, 4.69) is 15.4 Å². The predicted octanol–water partition coefficient (Wildman–Crippen LogP) is -0.392. The number of carbonyl (C=O) groups is 2. The number of aromatic nitrogens is 3. The Kier molecular flexibility index (Phi) is 2.62. The number of amides is 2. The summed E-state index contributed by atoms with van der Waals surface area (Å²) in [5, 5.41) is 7.15. The Hall–Kier alpha value is -2.64. The Morgan fingerprint density at radius 1 is 1.44 bits per heavy atom. The second-order valence-electron chi connectivity index (χ2n) is 3.81. The van der Waals surface area contributed by atoms with Gasteiger partial charge in [0.1, 0.15) is 5.82 Å². The lowest BCUT2D eigenvalue weighted by Crippen LogP contribution is -2.14. The summed E-state index contributed by atoms with van der Waals surface area (Å²) in [6.07, 6.45) is 0. The Labute approximate surface area is 102 Å². The highest BCUT2D eigenvalue weighted by Gasteiger charge is 2.16. The fourth-order valence-electron chi connectivity index (χ4n) is 1.65. The third-order valence-corrected chi connectivity index (χ3v) is 2.40. The Morgan fingerprint density at radius 2 is 2.11 bits per heavy atom. The predicted molar refractivity (Wildman–Crippen MR) is 65.7 cm³/mol. The summed E-state index contributed by atoms with van der Waals surface area (Å²) in [5.41, 5.74) is 11.4. The van der Waals surface area contributed by atoms with Crippen LogP contribution in [-0.2, 0) is 11.8 Å². The lowest BCUT2D eigenvalue weighted by Gasteiger charge is -2.02. The second-order valence-corrected chi connectivity index (χ2v) is 3.81. The molecule has 8 heteroatoms. The molecule has 2 heterocycles. The first-order valence-corrected chi connectivity index (χ1v) is 5.10. The third-order valence-electron chi connectivity index (χ3n) is 2.40. The smallest absolute Gasteiger partial charge is 0.252 e. The number of nitrogens with zero attached hydrogens (tertiary/aromatic N) is 3. The molecule has 0 aliphatic rings. The highest BCUT2D eigenvalue weighted by Crippen LogP contribution is 2.24. The number of rotatable bonds is 2. The maximum Gasteiger partial charge on any atom is 0.252 e. The molecule has 0 aliphatic carbocycles. The molecule has 0 spiro atoms. The minimum atomic E-state index is -0.681. The van der Waals surface area contributed by atoms with Gasteiger partial charge >= 0.3 is 0 Å². The van der Waals surface area contributed by atoms with Crippen LogP contribution < -0.4 is 16.8 Å². The van der Waals surface area contributed by atoms with Crippen LogP contribution in [0.1, 0.15) is 17.3 Å². The molecule has 0 unspecified atom stereocenters. The Bertz CT molecular complexity index is 660. The number of hydrogen-bond acceptors (Lipinski definition) is 5. The summed E-state index contributed by atoms with van der Waals surface area (Å²) in [4.78, 5) is 26.3. The topological polar surface area (TPSA) is 129 Å². The van der Waals surface area contributed by atoms with E-state index in [0.29, 0.717) is 16.9 Å². The van der Waals surface area contributed by atoms with E-state index in [1.807, 2.05) is 0 Å². The van der Waals surface area contributed by atoms with E-state index in [1.54, 1.807) is 7.05 Å². The standard InChI is InChI=1S/C10H12N6O2/c1-4(17)13-9-6-3-5(8(12)18)7(11)14-10(6)16(2)15-9/h3H,1-2H3,(H2,11,14)(H2,12,18)(H,13,15,17). The van der Waals surface area contributed by atoms with Gasteiger partial charge in [-0.05, 0) is 6.07 Å². The summed E-state index contributed by atoms with van der Waals surface area (Å²) in [6.45, 7) is 1.36. The van der Waals surface area contributed by atoms with Gasteiger partial charge in [0.15, 0.2) is 11.5 Å². The first-order chi connectivity index (χ1) is 8.40. The van der Waals surface area contributed by atoms with E-state index in [9.17, 15) is 9.59 Å². The van der Waals surface area contributed by atoms with Gasteiger partial charge in [0.2, 0.25) is 5.91 Å². The van der Waals surface area contributed by atoms with Crippen molar-refractivity contribution in [1.29, 1.82) is 0 Å². The van der Waals surface area contributed by atoms with Crippen molar-refractivity contribution in [3.63, 3.8) is 0 Å². The summed E-state index contributed by atoms with van der Waals surface area (Å²) >= 11 is 0. The largest absolute Gasteiger partial charge is 0.383 e. The average Bonchev–Trinajstić information content (AvgIpc) is 2.53. The van der Waals surface area contributed by atoms with Crippen LogP contribution in [0.2, 0.25) is 0 Å². The van der Waals surface area contributed by atoms with E-state index >= 15 is 0 Å². The van der Waals surface area contributed by atoms with Gasteiger partial charge < -0.3 is 16.8 Å². The fourth-order valence-corrected chi connectivity index (χ4v) is 1.65. The molecule has 2 aromatic rings. The Morgan fingerprint density at radius 3 is 2.67 bits per heavy atom. The van der Waals surface area contributed by atoms with Crippen molar-refractivity contribution in [2.75, 3.05) is 11.1 Å². The maximum atomic E-state index is 11.2. The van der Waals surface area contributed by atoms with E-state index < -0.39 is 5.91 Å². The number of aryl methyl sites for hydroxylation is 1. The van der Waals surface area contributed by atoms with E-state index in [0.717, 1.165) is 0 Å². The molecule has 8 nitrogen and oxygen atoms in total. The molecular weight excluding hydrogens is 236 g/mol. The van der Waals surface area contributed by atoms with Gasteiger partial charge in [0, 0.05) is 14.0 Å². The molecule has 0 radical (unpaired) electrons. The molecule has 0 atom stereocenters. The minimum absolute atomic E-state index is 0.0346. The zero-order chi connectivity index (χ0) is 13.4. The van der Waals surface area contributed by atoms with Crippen molar-refractivity contribution in [3.8, 4) is 0 Å². The molecule has 0 saturated carbocycles. The van der Waals surface area contributed by atoms with Gasteiger partial charge in [-0.3, -0.25) is 9.59 Å². The molecule has 5 N–H and O–H groups in total. The van der Waals surface area contributed by atoms with Crippen LogP contribution in [0.3, 0.4) is 0 Å². The van der Waals surface area contributed by atoms with Crippen molar-refractivity contribution >= 4 is 34.5 Å². The number of nitrogens with two attached hydrogens (primary N) is 2. The van der Waals surface area contributed by atoms with Crippen molar-refractivity contribution in [2.24, 2.45) is 12.8 Å². The molecule has 2 rings (SSSR count). The summed E-state index contributed by atoms with van der Waals surface area (Å²) in [5.74, 6) is -0.602. The van der Waals surface area contributed by atoms with Crippen LogP contribution in [0, 0.1) is 0 Å². The molecule has 0 saturated heterocycles. The van der Waals surface area contributed by atoms with Crippen LogP contribution >= 0.6 is 0 Å². The quantitative estimate of drug-likeness (QED) is 0.666. The van der Waals surface area contributed by atoms with E-state index in [1.165, 1.54) is 17.7 Å². The lowest BCUT2D eigenvalue weighted by molar-refractivity contribution is -0.114. The Balaban J connectivity index is 2.72. The zero-order valence-corrected chi connectivity index (χ0v) is 9.89. The first-order valence-electron chi connectivity index (χ1n) is 5.10. The van der Waals surface area contributed by atoms with Gasteiger partial charge in [-0.15, -0.1) is 0 Å². The number of nitrogen functional groups attached to an aromatic ring is 1. The molecule has 2 amide bonds. The third kappa shape index (κ3) is 1.83. The molecule has 94 valence electrons. The van der Waals surface area contributed by atoms with E-state index in [-0.39, 0.29) is 17.3 Å². The highest BCUT2D eigenvalue weighted by molar-refractivity contribution is 6.04. The van der Waals surface area contributed by atoms with Crippen LogP contribution in [0.25, 0.3) is 11.0 Å². The number of anilines is 2. The molecule has 0 bridgehead atoms. The van der Waals surface area contributed by atoms with Gasteiger partial charge in [-0.2, -0.15) is 5.10 Å². The molecular formula is C10H12N6O2. The van der Waals surface area contributed by atoms with Crippen LogP contribution in [0.5, 0.6) is 0 Å². The SMILES string of the molecule is CC(=O)Nc1nn(C)c2nc(N)c(C(N)=O)cc12. The van der Waals surface area contributed by atoms with Crippen molar-refractivity contribution < 1.29 is 9.59 Å². The van der Waals surface area contributed by atoms with Gasteiger partial charge in [-0.25, -0.2) is 9.67 Å². The molecule has 0 fully saturated rings. The fraction of sp³-hybridized carbons (Fsp3) is 0.200. The second kappa shape index (κ2) is 3.99. The zero-order valence-electron chi connectivity index (χ0n) is 9.89. The number of primary amides is 1.